The molecule has 0 atom stereocenters. The van der Waals surface area contributed by atoms with Gasteiger partial charge in [0.2, 0.25) is 0 Å². The first-order valence-corrected chi connectivity index (χ1v) is 7.19. The summed E-state index contributed by atoms with van der Waals surface area (Å²) in [7, 11) is 0. The molecule has 23 heavy (non-hydrogen) atoms. The number of nitrogens with one attached hydrogen (secondary N) is 1. The minimum absolute atomic E-state index is 0.125. The smallest absolute Gasteiger partial charge is 0.252 e. The largest absolute Gasteiger partial charge is 0.508 e. The highest BCUT2D eigenvalue weighted by atomic mass is 19.1. The van der Waals surface area contributed by atoms with Crippen LogP contribution < -0.4 is 5.56 Å². The number of pyridine rings is 1. The summed E-state index contributed by atoms with van der Waals surface area (Å²) in [6.07, 6.45) is 0.130. The number of aromatic amines is 1. The Morgan fingerprint density at radius 1 is 1.13 bits per heavy atom. The fraction of sp³-hybridized carbons (Fsp3) is 0.167. The monoisotopic (exact) mass is 313 g/mol. The number of rotatable bonds is 2. The Morgan fingerprint density at radius 3 is 2.61 bits per heavy atom. The fourth-order valence-corrected chi connectivity index (χ4v) is 2.87. The number of benzene rings is 2. The molecule has 3 aromatic rings. The van der Waals surface area contributed by atoms with Crippen molar-refractivity contribution in [1.82, 2.24) is 4.98 Å². The van der Waals surface area contributed by atoms with Crippen molar-refractivity contribution in [2.75, 3.05) is 0 Å². The van der Waals surface area contributed by atoms with Crippen LogP contribution in [0.15, 0.2) is 35.1 Å². The summed E-state index contributed by atoms with van der Waals surface area (Å²) < 4.78 is 14.0. The van der Waals surface area contributed by atoms with Gasteiger partial charge in [-0.05, 0) is 31.0 Å². The number of phenols is 2. The zero-order valence-corrected chi connectivity index (χ0v) is 12.8. The quantitative estimate of drug-likeness (QED) is 0.680. The second-order valence-corrected chi connectivity index (χ2v) is 5.72. The highest BCUT2D eigenvalue weighted by Crippen LogP contribution is 2.31. The number of hydrogen-bond donors (Lipinski definition) is 3. The second kappa shape index (κ2) is 5.43. The van der Waals surface area contributed by atoms with Gasteiger partial charge in [-0.15, -0.1) is 0 Å². The third-order valence-electron chi connectivity index (χ3n) is 4.02. The molecule has 0 saturated carbocycles. The maximum Gasteiger partial charge on any atom is 0.252 e. The fourth-order valence-electron chi connectivity index (χ4n) is 2.87. The van der Waals surface area contributed by atoms with E-state index < -0.39 is 0 Å². The number of hydrogen-bond acceptors (Lipinski definition) is 3. The zero-order chi connectivity index (χ0) is 16.7. The zero-order valence-electron chi connectivity index (χ0n) is 12.8. The van der Waals surface area contributed by atoms with Crippen LogP contribution in [0.5, 0.6) is 11.5 Å². The Labute approximate surface area is 131 Å². The number of halogens is 1. The average molecular weight is 313 g/mol. The number of aryl methyl sites for hydroxylation is 2. The molecular weight excluding hydrogens is 297 g/mol. The van der Waals surface area contributed by atoms with Crippen molar-refractivity contribution in [1.29, 1.82) is 0 Å². The molecule has 0 aliphatic carbocycles. The molecule has 2 aromatic carbocycles. The Kier molecular flexibility index (Phi) is 3.56. The molecule has 3 N–H and O–H groups in total. The van der Waals surface area contributed by atoms with E-state index in [-0.39, 0.29) is 29.3 Å². The van der Waals surface area contributed by atoms with Crippen LogP contribution in [-0.2, 0) is 6.42 Å². The number of aromatic nitrogens is 1. The standard InChI is InChI=1S/C18H16FNO3/c1-9-3-4-14(19)11(5-9)6-13-10(2)17-15(20-18(13)23)7-12(21)8-16(17)22/h3-5,7-8,21-22H,6H2,1-2H3,(H,20,23). The van der Waals surface area contributed by atoms with E-state index in [4.69, 9.17) is 0 Å². The van der Waals surface area contributed by atoms with Crippen molar-refractivity contribution in [3.63, 3.8) is 0 Å². The first-order chi connectivity index (χ1) is 10.9. The van der Waals surface area contributed by atoms with Gasteiger partial charge in [0.25, 0.3) is 5.56 Å². The maximum absolute atomic E-state index is 14.0. The lowest BCUT2D eigenvalue weighted by Crippen LogP contribution is -2.16. The van der Waals surface area contributed by atoms with Gasteiger partial charge in [0.15, 0.2) is 0 Å². The van der Waals surface area contributed by atoms with Crippen LogP contribution in [0.2, 0.25) is 0 Å². The molecule has 0 spiro atoms. The van der Waals surface area contributed by atoms with Gasteiger partial charge < -0.3 is 15.2 Å². The van der Waals surface area contributed by atoms with E-state index in [1.807, 2.05) is 6.92 Å². The molecule has 0 aliphatic rings. The van der Waals surface area contributed by atoms with Crippen LogP contribution >= 0.6 is 0 Å². The van der Waals surface area contributed by atoms with Crippen LogP contribution in [0.1, 0.15) is 22.3 Å². The molecule has 118 valence electrons. The van der Waals surface area contributed by atoms with Gasteiger partial charge >= 0.3 is 0 Å². The predicted octanol–water partition coefficient (Wildman–Crippen LogP) is 3.29. The summed E-state index contributed by atoms with van der Waals surface area (Å²) in [5.41, 5.74) is 2.28. The van der Waals surface area contributed by atoms with E-state index in [0.717, 1.165) is 5.56 Å². The summed E-state index contributed by atoms with van der Waals surface area (Å²) in [5, 5.41) is 20.0. The van der Waals surface area contributed by atoms with E-state index in [9.17, 15) is 19.4 Å². The average Bonchev–Trinajstić information content (AvgIpc) is 2.45. The minimum atomic E-state index is -0.371. The SMILES string of the molecule is Cc1ccc(F)c(Cc2c(C)c3c(O)cc(O)cc3[nH]c2=O)c1. The molecule has 0 bridgehead atoms. The third-order valence-corrected chi connectivity index (χ3v) is 4.02. The van der Waals surface area contributed by atoms with Crippen molar-refractivity contribution in [3.8, 4) is 11.5 Å². The first kappa shape index (κ1) is 15.1. The van der Waals surface area contributed by atoms with Gasteiger partial charge in [-0.3, -0.25) is 4.79 Å². The minimum Gasteiger partial charge on any atom is -0.508 e. The lowest BCUT2D eigenvalue weighted by Gasteiger charge is -2.11. The lowest BCUT2D eigenvalue weighted by atomic mass is 9.97. The van der Waals surface area contributed by atoms with Crippen molar-refractivity contribution in [2.24, 2.45) is 0 Å². The Hall–Kier alpha value is -2.82. The van der Waals surface area contributed by atoms with E-state index in [0.29, 0.717) is 27.6 Å². The van der Waals surface area contributed by atoms with Crippen molar-refractivity contribution >= 4 is 10.9 Å². The molecule has 5 heteroatoms. The molecular formula is C18H16FNO3. The van der Waals surface area contributed by atoms with Crippen LogP contribution in [0.3, 0.4) is 0 Å². The second-order valence-electron chi connectivity index (χ2n) is 5.72. The summed E-state index contributed by atoms with van der Waals surface area (Å²) in [5.74, 6) is -0.633. The van der Waals surface area contributed by atoms with Crippen LogP contribution in [0, 0.1) is 19.7 Å². The maximum atomic E-state index is 14.0. The first-order valence-electron chi connectivity index (χ1n) is 7.19. The molecule has 0 fully saturated rings. The number of fused-ring (bicyclic) bond motifs is 1. The van der Waals surface area contributed by atoms with E-state index >= 15 is 0 Å². The summed E-state index contributed by atoms with van der Waals surface area (Å²) in [4.78, 5) is 15.0. The van der Waals surface area contributed by atoms with Crippen molar-refractivity contribution in [3.05, 3.63) is 68.8 Å². The molecule has 0 aliphatic heterocycles. The Morgan fingerprint density at radius 2 is 1.87 bits per heavy atom. The van der Waals surface area contributed by atoms with Gasteiger partial charge in [-0.1, -0.05) is 17.7 Å². The van der Waals surface area contributed by atoms with Gasteiger partial charge in [0.05, 0.1) is 5.52 Å². The molecule has 0 saturated heterocycles. The van der Waals surface area contributed by atoms with Crippen LogP contribution in [0.25, 0.3) is 10.9 Å². The molecule has 4 nitrogen and oxygen atoms in total. The molecule has 0 radical (unpaired) electrons. The third kappa shape index (κ3) is 2.65. The highest BCUT2D eigenvalue weighted by molar-refractivity contribution is 5.90. The number of phenolic OH excluding ortho intramolecular Hbond substituents is 2. The normalized spacial score (nSPS) is 11.1. The molecule has 1 heterocycles. The molecule has 0 amide bonds. The van der Waals surface area contributed by atoms with E-state index in [1.54, 1.807) is 19.1 Å². The van der Waals surface area contributed by atoms with E-state index in [1.165, 1.54) is 18.2 Å². The van der Waals surface area contributed by atoms with Crippen molar-refractivity contribution < 1.29 is 14.6 Å². The predicted molar refractivity (Wildman–Crippen MR) is 86.6 cm³/mol. The summed E-state index contributed by atoms with van der Waals surface area (Å²) in [6, 6.07) is 7.34. The summed E-state index contributed by atoms with van der Waals surface area (Å²) in [6.45, 7) is 3.56. The Balaban J connectivity index is 2.22. The topological polar surface area (TPSA) is 73.3 Å². The summed E-state index contributed by atoms with van der Waals surface area (Å²) >= 11 is 0. The van der Waals surface area contributed by atoms with Crippen LogP contribution in [-0.4, -0.2) is 15.2 Å². The number of H-pyrrole nitrogens is 1. The Bertz CT molecular complexity index is 976. The molecule has 1 aromatic heterocycles. The van der Waals surface area contributed by atoms with Gasteiger partial charge in [0.1, 0.15) is 17.3 Å². The highest BCUT2D eigenvalue weighted by Gasteiger charge is 2.15. The lowest BCUT2D eigenvalue weighted by molar-refractivity contribution is 0.455. The van der Waals surface area contributed by atoms with Gasteiger partial charge in [-0.2, -0.15) is 0 Å². The molecule has 3 rings (SSSR count). The van der Waals surface area contributed by atoms with Crippen molar-refractivity contribution in [2.45, 2.75) is 20.3 Å². The molecule has 0 unspecified atom stereocenters. The van der Waals surface area contributed by atoms with Gasteiger partial charge in [0, 0.05) is 29.5 Å². The van der Waals surface area contributed by atoms with E-state index in [2.05, 4.69) is 4.98 Å². The number of aromatic hydroxyl groups is 2. The van der Waals surface area contributed by atoms with Crippen LogP contribution in [0.4, 0.5) is 4.39 Å². The van der Waals surface area contributed by atoms with Gasteiger partial charge in [-0.25, -0.2) is 4.39 Å².